The molecule has 3 rings (SSSR count). The van der Waals surface area contributed by atoms with Crippen LogP contribution in [0.5, 0.6) is 11.5 Å². The van der Waals surface area contributed by atoms with Crippen LogP contribution in [-0.4, -0.2) is 28.6 Å². The zero-order chi connectivity index (χ0) is 15.4. The van der Waals surface area contributed by atoms with Crippen molar-refractivity contribution >= 4 is 0 Å². The number of benzene rings is 1. The molecule has 22 heavy (non-hydrogen) atoms. The van der Waals surface area contributed by atoms with E-state index < -0.39 is 0 Å². The Hall–Kier alpha value is -2.07. The number of para-hydroxylation sites is 1. The monoisotopic (exact) mass is 298 g/mol. The molecule has 0 spiro atoms. The van der Waals surface area contributed by atoms with Gasteiger partial charge in [-0.1, -0.05) is 24.6 Å². The molecule has 2 heterocycles. The highest BCUT2D eigenvalue weighted by molar-refractivity contribution is 5.45. The van der Waals surface area contributed by atoms with Crippen LogP contribution in [0.15, 0.2) is 42.7 Å². The number of hydrogen-bond donors (Lipinski definition) is 1. The predicted octanol–water partition coefficient (Wildman–Crippen LogP) is 3.52. The molecule has 0 unspecified atom stereocenters. The van der Waals surface area contributed by atoms with E-state index in [1.807, 2.05) is 30.6 Å². The van der Waals surface area contributed by atoms with Gasteiger partial charge in [-0.15, -0.1) is 0 Å². The highest BCUT2D eigenvalue weighted by atomic mass is 16.5. The van der Waals surface area contributed by atoms with Gasteiger partial charge in [0.1, 0.15) is 0 Å². The van der Waals surface area contributed by atoms with E-state index in [0.29, 0.717) is 11.8 Å². The second-order valence-corrected chi connectivity index (χ2v) is 5.74. The number of methoxy groups -OCH3 is 1. The fourth-order valence-corrected chi connectivity index (χ4v) is 3.21. The van der Waals surface area contributed by atoms with Crippen molar-refractivity contribution in [1.82, 2.24) is 9.88 Å². The molecule has 1 aliphatic rings. The van der Waals surface area contributed by atoms with Gasteiger partial charge in [0.05, 0.1) is 7.11 Å². The Kier molecular flexibility index (Phi) is 4.59. The summed E-state index contributed by atoms with van der Waals surface area (Å²) in [6, 6.07) is 10.2. The van der Waals surface area contributed by atoms with Gasteiger partial charge in [0, 0.05) is 30.5 Å². The van der Waals surface area contributed by atoms with E-state index in [2.05, 4.69) is 16.0 Å². The van der Waals surface area contributed by atoms with Crippen molar-refractivity contribution in [2.45, 2.75) is 31.8 Å². The normalized spacial score (nSPS) is 19.0. The molecule has 0 saturated carbocycles. The summed E-state index contributed by atoms with van der Waals surface area (Å²) in [5.74, 6) is 0.785. The minimum absolute atomic E-state index is 0.250. The van der Waals surface area contributed by atoms with Crippen LogP contribution in [0.25, 0.3) is 0 Å². The highest BCUT2D eigenvalue weighted by Gasteiger charge is 2.25. The summed E-state index contributed by atoms with van der Waals surface area (Å²) in [6.07, 6.45) is 7.33. The van der Waals surface area contributed by atoms with Gasteiger partial charge >= 0.3 is 0 Å². The summed E-state index contributed by atoms with van der Waals surface area (Å²) < 4.78 is 5.21. The zero-order valence-corrected chi connectivity index (χ0v) is 12.9. The van der Waals surface area contributed by atoms with E-state index in [0.717, 1.165) is 25.1 Å². The zero-order valence-electron chi connectivity index (χ0n) is 12.9. The van der Waals surface area contributed by atoms with Crippen molar-refractivity contribution in [2.24, 2.45) is 0 Å². The quantitative estimate of drug-likeness (QED) is 0.938. The number of piperidine rings is 1. The molecular formula is C18H22N2O2. The predicted molar refractivity (Wildman–Crippen MR) is 85.9 cm³/mol. The Morgan fingerprint density at radius 3 is 2.95 bits per heavy atom. The second kappa shape index (κ2) is 6.79. The Morgan fingerprint density at radius 1 is 1.27 bits per heavy atom. The SMILES string of the molecule is COc1cccc(CN2CCCC[C@H]2c2cccnc2)c1O. The molecular weight excluding hydrogens is 276 g/mol. The summed E-state index contributed by atoms with van der Waals surface area (Å²) in [4.78, 5) is 6.68. The number of aromatic nitrogens is 1. The molecule has 1 aliphatic heterocycles. The van der Waals surface area contributed by atoms with Crippen LogP contribution in [0.2, 0.25) is 0 Å². The standard InChI is InChI=1S/C18H22N2O2/c1-22-17-9-4-6-15(18(17)21)13-20-11-3-2-8-16(20)14-7-5-10-19-12-14/h4-7,9-10,12,16,21H,2-3,8,11,13H2,1H3/t16-/m0/s1. The van der Waals surface area contributed by atoms with Crippen LogP contribution < -0.4 is 4.74 Å². The number of ether oxygens (including phenoxy) is 1. The molecule has 116 valence electrons. The minimum atomic E-state index is 0.250. The fraction of sp³-hybridized carbons (Fsp3) is 0.389. The lowest BCUT2D eigenvalue weighted by molar-refractivity contribution is 0.138. The maximum Gasteiger partial charge on any atom is 0.162 e. The van der Waals surface area contributed by atoms with E-state index in [9.17, 15) is 5.11 Å². The first-order valence-corrected chi connectivity index (χ1v) is 7.78. The van der Waals surface area contributed by atoms with Gasteiger partial charge < -0.3 is 9.84 Å². The van der Waals surface area contributed by atoms with Gasteiger partial charge in [-0.25, -0.2) is 0 Å². The Balaban J connectivity index is 1.83. The lowest BCUT2D eigenvalue weighted by atomic mass is 9.95. The lowest BCUT2D eigenvalue weighted by Crippen LogP contribution is -2.33. The highest BCUT2D eigenvalue weighted by Crippen LogP contribution is 2.35. The van der Waals surface area contributed by atoms with Gasteiger partial charge in [0.15, 0.2) is 11.5 Å². The minimum Gasteiger partial charge on any atom is -0.504 e. The van der Waals surface area contributed by atoms with Crippen LogP contribution in [0, 0.1) is 0 Å². The topological polar surface area (TPSA) is 45.6 Å². The van der Waals surface area contributed by atoms with Crippen molar-refractivity contribution in [3.63, 3.8) is 0 Å². The van der Waals surface area contributed by atoms with Crippen LogP contribution >= 0.6 is 0 Å². The Bertz CT molecular complexity index is 616. The molecule has 1 fully saturated rings. The number of hydrogen-bond acceptors (Lipinski definition) is 4. The molecule has 1 atom stereocenters. The maximum atomic E-state index is 10.3. The van der Waals surface area contributed by atoms with Gasteiger partial charge in [-0.05, 0) is 37.1 Å². The van der Waals surface area contributed by atoms with Crippen molar-refractivity contribution in [3.8, 4) is 11.5 Å². The maximum absolute atomic E-state index is 10.3. The molecule has 1 aromatic carbocycles. The molecule has 0 aliphatic carbocycles. The summed E-state index contributed by atoms with van der Waals surface area (Å²) in [7, 11) is 1.58. The first kappa shape index (κ1) is 14.9. The van der Waals surface area contributed by atoms with E-state index in [4.69, 9.17) is 4.74 Å². The molecule has 1 saturated heterocycles. The van der Waals surface area contributed by atoms with E-state index in [1.54, 1.807) is 13.2 Å². The van der Waals surface area contributed by atoms with E-state index in [-0.39, 0.29) is 5.75 Å². The summed E-state index contributed by atoms with van der Waals surface area (Å²) in [6.45, 7) is 1.76. The van der Waals surface area contributed by atoms with Crippen molar-refractivity contribution in [2.75, 3.05) is 13.7 Å². The molecule has 2 aromatic rings. The molecule has 0 radical (unpaired) electrons. The number of aromatic hydroxyl groups is 1. The summed E-state index contributed by atoms with van der Waals surface area (Å²) in [5, 5.41) is 10.3. The van der Waals surface area contributed by atoms with Crippen LogP contribution in [0.4, 0.5) is 0 Å². The average Bonchev–Trinajstić information content (AvgIpc) is 2.58. The Labute approximate surface area is 131 Å². The first-order valence-electron chi connectivity index (χ1n) is 7.78. The summed E-state index contributed by atoms with van der Waals surface area (Å²) in [5.41, 5.74) is 2.17. The second-order valence-electron chi connectivity index (χ2n) is 5.74. The van der Waals surface area contributed by atoms with E-state index in [1.165, 1.54) is 18.4 Å². The third-order valence-corrected chi connectivity index (χ3v) is 4.36. The molecule has 4 nitrogen and oxygen atoms in total. The van der Waals surface area contributed by atoms with Gasteiger partial charge in [-0.3, -0.25) is 9.88 Å². The first-order chi connectivity index (χ1) is 10.8. The third kappa shape index (κ3) is 3.07. The molecule has 0 bridgehead atoms. The van der Waals surface area contributed by atoms with Crippen LogP contribution in [0.1, 0.15) is 36.4 Å². The lowest BCUT2D eigenvalue weighted by Gasteiger charge is -2.36. The van der Waals surface area contributed by atoms with E-state index >= 15 is 0 Å². The molecule has 1 aromatic heterocycles. The molecule has 1 N–H and O–H groups in total. The average molecular weight is 298 g/mol. The number of phenols is 1. The number of nitrogens with zero attached hydrogens (tertiary/aromatic N) is 2. The van der Waals surface area contributed by atoms with Crippen molar-refractivity contribution < 1.29 is 9.84 Å². The molecule has 0 amide bonds. The number of phenolic OH excluding ortho intramolecular Hbond substituents is 1. The fourth-order valence-electron chi connectivity index (χ4n) is 3.21. The van der Waals surface area contributed by atoms with Gasteiger partial charge in [0.2, 0.25) is 0 Å². The number of rotatable bonds is 4. The van der Waals surface area contributed by atoms with Crippen molar-refractivity contribution in [1.29, 1.82) is 0 Å². The van der Waals surface area contributed by atoms with Gasteiger partial charge in [0.25, 0.3) is 0 Å². The van der Waals surface area contributed by atoms with Crippen molar-refractivity contribution in [3.05, 3.63) is 53.9 Å². The van der Waals surface area contributed by atoms with Gasteiger partial charge in [-0.2, -0.15) is 0 Å². The smallest absolute Gasteiger partial charge is 0.162 e. The largest absolute Gasteiger partial charge is 0.504 e. The third-order valence-electron chi connectivity index (χ3n) is 4.36. The molecule has 4 heteroatoms. The Morgan fingerprint density at radius 2 is 2.18 bits per heavy atom. The summed E-state index contributed by atoms with van der Waals surface area (Å²) >= 11 is 0. The number of likely N-dealkylation sites (tertiary alicyclic amines) is 1. The van der Waals surface area contributed by atoms with Crippen LogP contribution in [-0.2, 0) is 6.54 Å². The van der Waals surface area contributed by atoms with Crippen LogP contribution in [0.3, 0.4) is 0 Å². The number of pyridine rings is 1.